The van der Waals surface area contributed by atoms with Gasteiger partial charge in [0.2, 0.25) is 0 Å². The summed E-state index contributed by atoms with van der Waals surface area (Å²) in [7, 11) is 0. The lowest BCUT2D eigenvalue weighted by Gasteiger charge is -2.16. The van der Waals surface area contributed by atoms with Crippen LogP contribution in [0.2, 0.25) is 0 Å². The van der Waals surface area contributed by atoms with Gasteiger partial charge in [-0.1, -0.05) is 18.2 Å². The first-order chi connectivity index (χ1) is 8.16. The Morgan fingerprint density at radius 3 is 2.82 bits per heavy atom. The first kappa shape index (κ1) is 12.7. The van der Waals surface area contributed by atoms with Crippen LogP contribution in [0, 0.1) is 0 Å². The molecule has 0 bridgehead atoms. The van der Waals surface area contributed by atoms with E-state index in [1.807, 2.05) is 19.1 Å². The maximum Gasteiger partial charge on any atom is 0.0751 e. The first-order valence-electron chi connectivity index (χ1n) is 6.29. The molecule has 0 amide bonds. The van der Waals surface area contributed by atoms with Crippen LogP contribution in [0.5, 0.6) is 0 Å². The maximum atomic E-state index is 6.16. The van der Waals surface area contributed by atoms with Gasteiger partial charge in [-0.2, -0.15) is 0 Å². The second kappa shape index (κ2) is 5.74. The molecule has 1 saturated heterocycles. The molecule has 17 heavy (non-hydrogen) atoms. The fourth-order valence-electron chi connectivity index (χ4n) is 2.26. The minimum absolute atomic E-state index is 0.0297. The quantitative estimate of drug-likeness (QED) is 0.820. The Bertz CT molecular complexity index is 367. The molecule has 1 N–H and O–H groups in total. The molecule has 2 nitrogen and oxygen atoms in total. The van der Waals surface area contributed by atoms with Crippen molar-refractivity contribution >= 4 is 17.3 Å². The van der Waals surface area contributed by atoms with Crippen molar-refractivity contribution in [2.75, 3.05) is 11.9 Å². The number of hydrogen-bond acceptors (Lipinski definition) is 2. The van der Waals surface area contributed by atoms with Gasteiger partial charge in [0, 0.05) is 12.2 Å². The summed E-state index contributed by atoms with van der Waals surface area (Å²) in [5.41, 5.74) is 2.28. The molecular weight excluding hydrogens is 234 g/mol. The van der Waals surface area contributed by atoms with Crippen LogP contribution >= 0.6 is 11.6 Å². The molecular formula is C14H20ClNO. The van der Waals surface area contributed by atoms with E-state index in [0.29, 0.717) is 12.2 Å². The summed E-state index contributed by atoms with van der Waals surface area (Å²) < 4.78 is 5.79. The Morgan fingerprint density at radius 1 is 1.41 bits per heavy atom. The Morgan fingerprint density at radius 2 is 2.18 bits per heavy atom. The van der Waals surface area contributed by atoms with Gasteiger partial charge in [-0.3, -0.25) is 0 Å². The van der Waals surface area contributed by atoms with E-state index in [0.717, 1.165) is 24.2 Å². The number of nitrogens with one attached hydrogen (secondary N) is 1. The normalized spacial score (nSPS) is 25.8. The fourth-order valence-corrected chi connectivity index (χ4v) is 2.45. The van der Waals surface area contributed by atoms with Gasteiger partial charge >= 0.3 is 0 Å². The highest BCUT2D eigenvalue weighted by Crippen LogP contribution is 2.27. The molecule has 1 aromatic rings. The molecule has 1 heterocycles. The average molecular weight is 254 g/mol. The molecule has 0 saturated carbocycles. The van der Waals surface area contributed by atoms with Crippen molar-refractivity contribution in [2.24, 2.45) is 0 Å². The second-order valence-corrected chi connectivity index (χ2v) is 5.38. The SMILES string of the molecule is CC1CCC(CNc2ccccc2C(C)Cl)O1. The lowest BCUT2D eigenvalue weighted by atomic mass is 10.1. The van der Waals surface area contributed by atoms with Gasteiger partial charge in [-0.15, -0.1) is 11.6 Å². The van der Waals surface area contributed by atoms with Gasteiger partial charge in [0.05, 0.1) is 17.6 Å². The zero-order chi connectivity index (χ0) is 12.3. The van der Waals surface area contributed by atoms with Crippen LogP contribution in [0.25, 0.3) is 0 Å². The lowest BCUT2D eigenvalue weighted by molar-refractivity contribution is 0.0637. The summed E-state index contributed by atoms with van der Waals surface area (Å²) in [5.74, 6) is 0. The van der Waals surface area contributed by atoms with Crippen LogP contribution < -0.4 is 5.32 Å². The molecule has 1 fully saturated rings. The zero-order valence-electron chi connectivity index (χ0n) is 10.4. The molecule has 0 spiro atoms. The van der Waals surface area contributed by atoms with Gasteiger partial charge in [0.15, 0.2) is 0 Å². The van der Waals surface area contributed by atoms with E-state index in [-0.39, 0.29) is 5.38 Å². The molecule has 1 aliphatic heterocycles. The molecule has 0 radical (unpaired) electrons. The van der Waals surface area contributed by atoms with E-state index in [1.54, 1.807) is 0 Å². The number of anilines is 1. The summed E-state index contributed by atoms with van der Waals surface area (Å²) in [5, 5.41) is 3.48. The Hall–Kier alpha value is -0.730. The van der Waals surface area contributed by atoms with Crippen molar-refractivity contribution in [1.82, 2.24) is 0 Å². The van der Waals surface area contributed by atoms with Crippen LogP contribution in [0.3, 0.4) is 0 Å². The van der Waals surface area contributed by atoms with E-state index < -0.39 is 0 Å². The van der Waals surface area contributed by atoms with Crippen molar-refractivity contribution in [3.8, 4) is 0 Å². The third kappa shape index (κ3) is 3.36. The van der Waals surface area contributed by atoms with Crippen molar-refractivity contribution in [1.29, 1.82) is 0 Å². The minimum Gasteiger partial charge on any atom is -0.382 e. The first-order valence-corrected chi connectivity index (χ1v) is 6.73. The molecule has 3 atom stereocenters. The molecule has 1 aromatic carbocycles. The fraction of sp³-hybridized carbons (Fsp3) is 0.571. The van der Waals surface area contributed by atoms with E-state index in [9.17, 15) is 0 Å². The van der Waals surface area contributed by atoms with Crippen LogP contribution in [0.15, 0.2) is 24.3 Å². The second-order valence-electron chi connectivity index (χ2n) is 4.73. The van der Waals surface area contributed by atoms with E-state index in [4.69, 9.17) is 16.3 Å². The van der Waals surface area contributed by atoms with Crippen molar-refractivity contribution in [3.05, 3.63) is 29.8 Å². The molecule has 3 heteroatoms. The highest BCUT2D eigenvalue weighted by molar-refractivity contribution is 6.21. The Kier molecular flexibility index (Phi) is 4.30. The van der Waals surface area contributed by atoms with Gasteiger partial charge in [0.25, 0.3) is 0 Å². The monoisotopic (exact) mass is 253 g/mol. The minimum atomic E-state index is 0.0297. The van der Waals surface area contributed by atoms with Crippen LogP contribution in [-0.4, -0.2) is 18.8 Å². The van der Waals surface area contributed by atoms with Crippen LogP contribution in [0.4, 0.5) is 5.69 Å². The maximum absolute atomic E-state index is 6.16. The van der Waals surface area contributed by atoms with E-state index >= 15 is 0 Å². The number of ether oxygens (including phenoxy) is 1. The average Bonchev–Trinajstić information content (AvgIpc) is 2.73. The summed E-state index contributed by atoms with van der Waals surface area (Å²) in [6, 6.07) is 8.20. The Balaban J connectivity index is 1.94. The number of rotatable bonds is 4. The predicted molar refractivity (Wildman–Crippen MR) is 72.8 cm³/mol. The van der Waals surface area contributed by atoms with E-state index in [2.05, 4.69) is 24.4 Å². The van der Waals surface area contributed by atoms with E-state index in [1.165, 1.54) is 6.42 Å². The van der Waals surface area contributed by atoms with Crippen molar-refractivity contribution in [3.63, 3.8) is 0 Å². The number of para-hydroxylation sites is 1. The van der Waals surface area contributed by atoms with Gasteiger partial charge in [0.1, 0.15) is 0 Å². The molecule has 0 aliphatic carbocycles. The zero-order valence-corrected chi connectivity index (χ0v) is 11.2. The largest absolute Gasteiger partial charge is 0.382 e. The highest BCUT2D eigenvalue weighted by Gasteiger charge is 2.21. The van der Waals surface area contributed by atoms with Crippen LogP contribution in [0.1, 0.15) is 37.6 Å². The topological polar surface area (TPSA) is 21.3 Å². The molecule has 0 aromatic heterocycles. The third-order valence-electron chi connectivity index (χ3n) is 3.23. The van der Waals surface area contributed by atoms with Crippen molar-refractivity contribution < 1.29 is 4.74 Å². The number of alkyl halides is 1. The molecule has 1 aliphatic rings. The standard InChI is InChI=1S/C14H20ClNO/c1-10-7-8-12(17-10)9-16-14-6-4-3-5-13(14)11(2)15/h3-6,10-12,16H,7-9H2,1-2H3. The van der Waals surface area contributed by atoms with Gasteiger partial charge < -0.3 is 10.1 Å². The summed E-state index contributed by atoms with van der Waals surface area (Å²) in [6.45, 7) is 5.00. The summed E-state index contributed by atoms with van der Waals surface area (Å²) in [4.78, 5) is 0. The molecule has 2 rings (SSSR count). The van der Waals surface area contributed by atoms with Gasteiger partial charge in [-0.25, -0.2) is 0 Å². The lowest BCUT2D eigenvalue weighted by Crippen LogP contribution is -2.20. The Labute approximate surface area is 108 Å². The molecule has 3 unspecified atom stereocenters. The van der Waals surface area contributed by atoms with Gasteiger partial charge in [-0.05, 0) is 38.3 Å². The number of halogens is 1. The van der Waals surface area contributed by atoms with Crippen LogP contribution in [-0.2, 0) is 4.74 Å². The smallest absolute Gasteiger partial charge is 0.0751 e. The summed E-state index contributed by atoms with van der Waals surface area (Å²) in [6.07, 6.45) is 3.06. The molecule has 94 valence electrons. The summed E-state index contributed by atoms with van der Waals surface area (Å²) >= 11 is 6.16. The predicted octanol–water partition coefficient (Wildman–Crippen LogP) is 3.97. The number of hydrogen-bond donors (Lipinski definition) is 1. The third-order valence-corrected chi connectivity index (χ3v) is 3.46. The number of benzene rings is 1. The highest BCUT2D eigenvalue weighted by atomic mass is 35.5. The van der Waals surface area contributed by atoms with Crippen molar-refractivity contribution in [2.45, 2.75) is 44.3 Å².